The number of furan rings is 1. The van der Waals surface area contributed by atoms with E-state index in [1.54, 1.807) is 29.0 Å². The number of ether oxygens (including phenoxy) is 2. The van der Waals surface area contributed by atoms with E-state index in [1.165, 1.54) is 0 Å². The highest BCUT2D eigenvalue weighted by Gasteiger charge is 2.33. The molecular formula is C21H19N2O4S+. The lowest BCUT2D eigenvalue weighted by atomic mass is 10.0. The van der Waals surface area contributed by atoms with Crippen LogP contribution in [0.5, 0.6) is 11.5 Å². The molecule has 0 saturated heterocycles. The molecule has 1 aliphatic heterocycles. The zero-order chi connectivity index (χ0) is 19.3. The van der Waals surface area contributed by atoms with Gasteiger partial charge in [-0.2, -0.15) is 4.57 Å². The zero-order valence-electron chi connectivity index (χ0n) is 15.0. The minimum atomic E-state index is -0.686. The molecule has 28 heavy (non-hydrogen) atoms. The molecule has 0 bridgehead atoms. The van der Waals surface area contributed by atoms with E-state index >= 15 is 0 Å². The Morgan fingerprint density at radius 2 is 1.86 bits per heavy atom. The molecule has 0 spiro atoms. The second-order valence-electron chi connectivity index (χ2n) is 6.25. The van der Waals surface area contributed by atoms with Gasteiger partial charge < -0.3 is 19.2 Å². The zero-order valence-corrected chi connectivity index (χ0v) is 15.9. The Morgan fingerprint density at radius 1 is 1.07 bits per heavy atom. The molecule has 0 radical (unpaired) electrons. The summed E-state index contributed by atoms with van der Waals surface area (Å²) in [5.41, 5.74) is 0.507. The third-order valence-electron chi connectivity index (χ3n) is 4.38. The number of carbonyl (C=O) groups excluding carboxylic acids is 1. The van der Waals surface area contributed by atoms with Crippen LogP contribution in [0.15, 0.2) is 71.6 Å². The van der Waals surface area contributed by atoms with Crippen LogP contribution < -0.4 is 19.4 Å². The first-order valence-electron chi connectivity index (χ1n) is 8.92. The number of nitrogens with zero attached hydrogens (tertiary/aromatic N) is 1. The van der Waals surface area contributed by atoms with Crippen molar-refractivity contribution in [3.05, 3.63) is 78.5 Å². The van der Waals surface area contributed by atoms with Crippen LogP contribution in [0.1, 0.15) is 22.2 Å². The van der Waals surface area contributed by atoms with E-state index in [0.717, 1.165) is 5.76 Å². The van der Waals surface area contributed by atoms with Gasteiger partial charge in [-0.15, -0.1) is 0 Å². The van der Waals surface area contributed by atoms with Crippen molar-refractivity contribution in [2.45, 2.75) is 12.6 Å². The maximum absolute atomic E-state index is 13.4. The summed E-state index contributed by atoms with van der Waals surface area (Å²) >= 11 is 5.58. The summed E-state index contributed by atoms with van der Waals surface area (Å²) in [4.78, 5) is 13.8. The number of hydrogen-bond donors (Lipinski definition) is 1. The van der Waals surface area contributed by atoms with Crippen molar-refractivity contribution < 1.29 is 23.3 Å². The Balaban J connectivity index is 1.61. The molecule has 0 aliphatic carbocycles. The van der Waals surface area contributed by atoms with Crippen LogP contribution in [0.3, 0.4) is 0 Å². The molecule has 0 saturated carbocycles. The van der Waals surface area contributed by atoms with Crippen molar-refractivity contribution in [2.75, 3.05) is 13.2 Å². The number of nitrogens with one attached hydrogen (secondary N) is 1. The number of Topliss-reactive ketones (excluding diaryl/α,β-unsaturated/α-hetero) is 1. The normalized spacial score (nSPS) is 13.6. The van der Waals surface area contributed by atoms with Gasteiger partial charge in [-0.05, 0) is 30.3 Å². The number of pyridine rings is 1. The fourth-order valence-corrected chi connectivity index (χ4v) is 3.31. The molecular weight excluding hydrogens is 376 g/mol. The van der Waals surface area contributed by atoms with E-state index in [2.05, 4.69) is 5.32 Å². The number of ketones is 1. The van der Waals surface area contributed by atoms with Crippen molar-refractivity contribution in [1.29, 1.82) is 0 Å². The van der Waals surface area contributed by atoms with E-state index in [-0.39, 0.29) is 5.78 Å². The van der Waals surface area contributed by atoms with Crippen molar-refractivity contribution in [2.24, 2.45) is 0 Å². The van der Waals surface area contributed by atoms with Crippen molar-refractivity contribution in [3.63, 3.8) is 0 Å². The molecule has 1 atom stereocenters. The van der Waals surface area contributed by atoms with E-state index in [4.69, 9.17) is 26.1 Å². The minimum absolute atomic E-state index is 0.134. The van der Waals surface area contributed by atoms with Gasteiger partial charge >= 0.3 is 0 Å². The summed E-state index contributed by atoms with van der Waals surface area (Å²) in [5, 5.41) is 3.14. The van der Waals surface area contributed by atoms with Crippen molar-refractivity contribution >= 4 is 23.0 Å². The molecule has 1 aliphatic rings. The third kappa shape index (κ3) is 3.89. The molecule has 3 aromatic rings. The van der Waals surface area contributed by atoms with Crippen LogP contribution in [0.25, 0.3) is 0 Å². The summed E-state index contributed by atoms with van der Waals surface area (Å²) in [7, 11) is 0. The predicted molar refractivity (Wildman–Crippen MR) is 106 cm³/mol. The SMILES string of the molecule is O=C(c1ccc2c(c1)OCCO2)[C@@H](C(=S)NCc1ccco1)[n+]1ccccc1. The lowest BCUT2D eigenvalue weighted by Gasteiger charge is -2.19. The average molecular weight is 395 g/mol. The number of aromatic nitrogens is 1. The highest BCUT2D eigenvalue weighted by Crippen LogP contribution is 2.31. The second kappa shape index (κ2) is 8.22. The molecule has 4 rings (SSSR count). The van der Waals surface area contributed by atoms with E-state index in [1.807, 2.05) is 42.7 Å². The first-order chi connectivity index (χ1) is 13.7. The van der Waals surface area contributed by atoms with Gasteiger partial charge in [0.1, 0.15) is 19.0 Å². The van der Waals surface area contributed by atoms with E-state index in [0.29, 0.717) is 41.8 Å². The van der Waals surface area contributed by atoms with Crippen LogP contribution in [-0.2, 0) is 6.54 Å². The van der Waals surface area contributed by atoms with Crippen LogP contribution >= 0.6 is 12.2 Å². The number of thiocarbonyl (C=S) groups is 1. The quantitative estimate of drug-likeness (QED) is 0.393. The molecule has 1 aromatic carbocycles. The topological polar surface area (TPSA) is 64.6 Å². The second-order valence-corrected chi connectivity index (χ2v) is 6.68. The number of carbonyl (C=O) groups is 1. The van der Waals surface area contributed by atoms with Crippen LogP contribution in [0.2, 0.25) is 0 Å². The first-order valence-corrected chi connectivity index (χ1v) is 9.33. The smallest absolute Gasteiger partial charge is 0.270 e. The largest absolute Gasteiger partial charge is 0.486 e. The van der Waals surface area contributed by atoms with Crippen molar-refractivity contribution in [1.82, 2.24) is 5.32 Å². The first kappa shape index (κ1) is 18.2. The summed E-state index contributed by atoms with van der Waals surface area (Å²) < 4.78 is 18.3. The Kier molecular flexibility index (Phi) is 5.34. The summed E-state index contributed by atoms with van der Waals surface area (Å²) in [5.74, 6) is 1.82. The van der Waals surface area contributed by atoms with Crippen LogP contribution in [0.4, 0.5) is 0 Å². The molecule has 0 unspecified atom stereocenters. The molecule has 7 heteroatoms. The minimum Gasteiger partial charge on any atom is -0.486 e. The number of benzene rings is 1. The lowest BCUT2D eigenvalue weighted by molar-refractivity contribution is -0.692. The molecule has 0 fully saturated rings. The molecule has 3 heterocycles. The highest BCUT2D eigenvalue weighted by molar-refractivity contribution is 7.80. The average Bonchev–Trinajstić information content (AvgIpc) is 3.26. The van der Waals surface area contributed by atoms with Gasteiger partial charge in [0.2, 0.25) is 5.78 Å². The van der Waals surface area contributed by atoms with Gasteiger partial charge in [-0.3, -0.25) is 4.79 Å². The Morgan fingerprint density at radius 3 is 2.61 bits per heavy atom. The maximum atomic E-state index is 13.4. The van der Waals surface area contributed by atoms with Gasteiger partial charge in [-0.25, -0.2) is 0 Å². The van der Waals surface area contributed by atoms with Gasteiger partial charge in [0.05, 0.1) is 12.8 Å². The highest BCUT2D eigenvalue weighted by atomic mass is 32.1. The van der Waals surface area contributed by atoms with E-state index < -0.39 is 6.04 Å². The van der Waals surface area contributed by atoms with Crippen LogP contribution in [0, 0.1) is 0 Å². The van der Waals surface area contributed by atoms with Gasteiger partial charge in [0, 0.05) is 17.7 Å². The number of rotatable bonds is 6. The fourth-order valence-electron chi connectivity index (χ4n) is 3.01. The predicted octanol–water partition coefficient (Wildman–Crippen LogP) is 2.88. The Bertz CT molecular complexity index is 973. The monoisotopic (exact) mass is 395 g/mol. The summed E-state index contributed by atoms with van der Waals surface area (Å²) in [6.45, 7) is 1.37. The number of hydrogen-bond acceptors (Lipinski definition) is 5. The molecule has 1 N–H and O–H groups in total. The lowest BCUT2D eigenvalue weighted by Crippen LogP contribution is -2.51. The summed E-state index contributed by atoms with van der Waals surface area (Å²) in [6, 6.07) is 13.8. The molecule has 6 nitrogen and oxygen atoms in total. The third-order valence-corrected chi connectivity index (χ3v) is 4.74. The van der Waals surface area contributed by atoms with Gasteiger partial charge in [-0.1, -0.05) is 18.3 Å². The standard InChI is InChI=1S/C21H18N2O4S/c24-20(15-6-7-17-18(13-15)27-12-11-26-17)19(23-8-2-1-3-9-23)21(28)22-14-16-5-4-10-25-16/h1-10,13,19H,11-12,14H2/p+1/t19-/m0/s1. The van der Waals surface area contributed by atoms with Gasteiger partial charge in [0.15, 0.2) is 28.9 Å². The summed E-state index contributed by atoms with van der Waals surface area (Å²) in [6.07, 6.45) is 5.24. The van der Waals surface area contributed by atoms with Gasteiger partial charge in [0.25, 0.3) is 6.04 Å². The number of fused-ring (bicyclic) bond motifs is 1. The van der Waals surface area contributed by atoms with Crippen LogP contribution in [-0.4, -0.2) is 24.0 Å². The maximum Gasteiger partial charge on any atom is 0.270 e. The molecule has 142 valence electrons. The van der Waals surface area contributed by atoms with E-state index in [9.17, 15) is 4.79 Å². The Hall–Kier alpha value is -3.19. The Labute approximate surface area is 167 Å². The van der Waals surface area contributed by atoms with Crippen molar-refractivity contribution in [3.8, 4) is 11.5 Å². The fraction of sp³-hybridized carbons (Fsp3) is 0.190. The molecule has 0 amide bonds. The molecule has 2 aromatic heterocycles.